The lowest BCUT2D eigenvalue weighted by atomic mass is 9.90. The summed E-state index contributed by atoms with van der Waals surface area (Å²) >= 11 is 0. The highest BCUT2D eigenvalue weighted by molar-refractivity contribution is 5.68. The summed E-state index contributed by atoms with van der Waals surface area (Å²) in [5, 5.41) is 14.3. The first kappa shape index (κ1) is 16.8. The molecule has 1 N–H and O–H groups in total. The molecule has 2 heterocycles. The zero-order chi connectivity index (χ0) is 16.3. The third kappa shape index (κ3) is 4.73. The number of rotatable bonds is 3. The van der Waals surface area contributed by atoms with Gasteiger partial charge in [0.1, 0.15) is 5.60 Å². The van der Waals surface area contributed by atoms with E-state index >= 15 is 0 Å². The fraction of sp³-hybridized carbons (Fsp3) is 0.750. The molecule has 0 aromatic carbocycles. The molecule has 1 aromatic heterocycles. The molecule has 124 valence electrons. The number of aliphatic hydroxyl groups is 1. The molecule has 6 nitrogen and oxygen atoms in total. The van der Waals surface area contributed by atoms with Gasteiger partial charge in [0.05, 0.1) is 12.3 Å². The number of carbonyl (C=O) groups is 1. The lowest BCUT2D eigenvalue weighted by Gasteiger charge is -2.37. The van der Waals surface area contributed by atoms with Crippen molar-refractivity contribution in [2.45, 2.75) is 51.7 Å². The SMILES string of the molecule is Cn1cc(CCC2CN(C(=O)OC(C)(C)C)CCC2O)cn1. The Bertz CT molecular complexity index is 507. The van der Waals surface area contributed by atoms with E-state index in [9.17, 15) is 9.90 Å². The van der Waals surface area contributed by atoms with Crippen LogP contribution in [0.15, 0.2) is 12.4 Å². The molecular formula is C16H27N3O3. The van der Waals surface area contributed by atoms with E-state index in [4.69, 9.17) is 4.74 Å². The minimum atomic E-state index is -0.488. The molecule has 1 fully saturated rings. The van der Waals surface area contributed by atoms with Crippen LogP contribution < -0.4 is 0 Å². The predicted molar refractivity (Wildman–Crippen MR) is 83.4 cm³/mol. The molecule has 0 bridgehead atoms. The maximum absolute atomic E-state index is 12.2. The molecule has 1 saturated heterocycles. The summed E-state index contributed by atoms with van der Waals surface area (Å²) in [5.41, 5.74) is 0.669. The Labute approximate surface area is 132 Å². The minimum Gasteiger partial charge on any atom is -0.444 e. The molecular weight excluding hydrogens is 282 g/mol. The average molecular weight is 309 g/mol. The standard InChI is InChI=1S/C16H27N3O3/c1-16(2,3)22-15(21)19-8-7-14(20)13(11-19)6-5-12-9-17-18(4)10-12/h9-10,13-14,20H,5-8,11H2,1-4H3. The second kappa shape index (κ2) is 6.69. The van der Waals surface area contributed by atoms with Gasteiger partial charge in [0.15, 0.2) is 0 Å². The molecule has 0 spiro atoms. The van der Waals surface area contributed by atoms with Gasteiger partial charge in [-0.3, -0.25) is 4.68 Å². The Hall–Kier alpha value is -1.56. The van der Waals surface area contributed by atoms with Gasteiger partial charge in [0.2, 0.25) is 0 Å². The van der Waals surface area contributed by atoms with Gasteiger partial charge in [-0.15, -0.1) is 0 Å². The Balaban J connectivity index is 1.89. The third-order valence-corrected chi connectivity index (χ3v) is 3.91. The van der Waals surface area contributed by atoms with Gasteiger partial charge in [-0.25, -0.2) is 4.79 Å². The first-order chi connectivity index (χ1) is 10.2. The van der Waals surface area contributed by atoms with Gasteiger partial charge >= 0.3 is 6.09 Å². The number of amides is 1. The average Bonchev–Trinajstić information content (AvgIpc) is 2.81. The van der Waals surface area contributed by atoms with Crippen molar-refractivity contribution in [3.8, 4) is 0 Å². The van der Waals surface area contributed by atoms with E-state index in [2.05, 4.69) is 5.10 Å². The van der Waals surface area contributed by atoms with Crippen molar-refractivity contribution in [2.24, 2.45) is 13.0 Å². The smallest absolute Gasteiger partial charge is 0.410 e. The molecule has 2 rings (SSSR count). The highest BCUT2D eigenvalue weighted by atomic mass is 16.6. The van der Waals surface area contributed by atoms with Crippen LogP contribution >= 0.6 is 0 Å². The number of ether oxygens (including phenoxy) is 1. The molecule has 2 unspecified atom stereocenters. The number of aryl methyl sites for hydroxylation is 2. The lowest BCUT2D eigenvalue weighted by molar-refractivity contribution is -0.00983. The molecule has 0 saturated carbocycles. The van der Waals surface area contributed by atoms with E-state index in [0.29, 0.717) is 19.5 Å². The summed E-state index contributed by atoms with van der Waals surface area (Å²) in [7, 11) is 1.89. The van der Waals surface area contributed by atoms with Crippen LogP contribution in [0.4, 0.5) is 4.79 Å². The summed E-state index contributed by atoms with van der Waals surface area (Å²) in [6.07, 6.45) is 5.50. The fourth-order valence-corrected chi connectivity index (χ4v) is 2.75. The van der Waals surface area contributed by atoms with Crippen molar-refractivity contribution in [2.75, 3.05) is 13.1 Å². The molecule has 1 aromatic rings. The number of aliphatic hydroxyl groups excluding tert-OH is 1. The Morgan fingerprint density at radius 3 is 2.82 bits per heavy atom. The summed E-state index contributed by atoms with van der Waals surface area (Å²) in [4.78, 5) is 13.9. The molecule has 22 heavy (non-hydrogen) atoms. The fourth-order valence-electron chi connectivity index (χ4n) is 2.75. The van der Waals surface area contributed by atoms with E-state index in [0.717, 1.165) is 18.4 Å². The summed E-state index contributed by atoms with van der Waals surface area (Å²) in [5.74, 6) is 0.0847. The first-order valence-corrected chi connectivity index (χ1v) is 7.88. The predicted octanol–water partition coefficient (Wildman–Crippen LogP) is 1.97. The maximum Gasteiger partial charge on any atom is 0.410 e. The van der Waals surface area contributed by atoms with Crippen LogP contribution in [0.25, 0.3) is 0 Å². The Morgan fingerprint density at radius 1 is 1.50 bits per heavy atom. The van der Waals surface area contributed by atoms with E-state index in [1.807, 2.05) is 40.2 Å². The van der Waals surface area contributed by atoms with Crippen molar-refractivity contribution in [1.29, 1.82) is 0 Å². The van der Waals surface area contributed by atoms with Gasteiger partial charge in [0, 0.05) is 32.3 Å². The second-order valence-electron chi connectivity index (χ2n) is 7.10. The van der Waals surface area contributed by atoms with Crippen molar-refractivity contribution in [1.82, 2.24) is 14.7 Å². The Morgan fingerprint density at radius 2 is 2.23 bits per heavy atom. The van der Waals surface area contributed by atoms with Gasteiger partial charge in [-0.2, -0.15) is 5.10 Å². The molecule has 0 aliphatic carbocycles. The van der Waals surface area contributed by atoms with Crippen LogP contribution in [0.2, 0.25) is 0 Å². The Kier molecular flexibility index (Phi) is 5.11. The molecule has 0 radical (unpaired) electrons. The number of aromatic nitrogens is 2. The minimum absolute atomic E-state index is 0.0847. The highest BCUT2D eigenvalue weighted by Gasteiger charge is 2.32. The van der Waals surface area contributed by atoms with Crippen molar-refractivity contribution in [3.63, 3.8) is 0 Å². The number of likely N-dealkylation sites (tertiary alicyclic amines) is 1. The largest absolute Gasteiger partial charge is 0.444 e. The first-order valence-electron chi connectivity index (χ1n) is 7.88. The maximum atomic E-state index is 12.2. The molecule has 1 amide bonds. The molecule has 2 atom stereocenters. The summed E-state index contributed by atoms with van der Waals surface area (Å²) in [6, 6.07) is 0. The van der Waals surface area contributed by atoms with Crippen molar-refractivity contribution < 1.29 is 14.6 Å². The van der Waals surface area contributed by atoms with Crippen LogP contribution in [0.5, 0.6) is 0 Å². The number of carbonyl (C=O) groups excluding carboxylic acids is 1. The van der Waals surface area contributed by atoms with Gasteiger partial charge in [-0.1, -0.05) is 0 Å². The van der Waals surface area contributed by atoms with Crippen molar-refractivity contribution >= 4 is 6.09 Å². The number of piperidine rings is 1. The van der Waals surface area contributed by atoms with E-state index in [1.165, 1.54) is 0 Å². The highest BCUT2D eigenvalue weighted by Crippen LogP contribution is 2.23. The number of hydrogen-bond acceptors (Lipinski definition) is 4. The third-order valence-electron chi connectivity index (χ3n) is 3.91. The van der Waals surface area contributed by atoms with Crippen LogP contribution in [-0.4, -0.2) is 50.7 Å². The van der Waals surface area contributed by atoms with E-state index in [-0.39, 0.29) is 18.1 Å². The van der Waals surface area contributed by atoms with E-state index < -0.39 is 5.60 Å². The number of hydrogen-bond donors (Lipinski definition) is 1. The quantitative estimate of drug-likeness (QED) is 0.927. The lowest BCUT2D eigenvalue weighted by Crippen LogP contribution is -2.47. The van der Waals surface area contributed by atoms with Crippen LogP contribution in [0.1, 0.15) is 39.2 Å². The van der Waals surface area contributed by atoms with Crippen molar-refractivity contribution in [3.05, 3.63) is 18.0 Å². The van der Waals surface area contributed by atoms with Crippen LogP contribution in [0, 0.1) is 5.92 Å². The zero-order valence-electron chi connectivity index (χ0n) is 14.0. The number of nitrogens with zero attached hydrogens (tertiary/aromatic N) is 3. The van der Waals surface area contributed by atoms with Crippen LogP contribution in [-0.2, 0) is 18.2 Å². The monoisotopic (exact) mass is 309 g/mol. The van der Waals surface area contributed by atoms with Gasteiger partial charge in [-0.05, 0) is 45.6 Å². The zero-order valence-corrected chi connectivity index (χ0v) is 14.0. The molecule has 1 aliphatic heterocycles. The summed E-state index contributed by atoms with van der Waals surface area (Å²) < 4.78 is 7.20. The second-order valence-corrected chi connectivity index (χ2v) is 7.10. The van der Waals surface area contributed by atoms with Crippen LogP contribution in [0.3, 0.4) is 0 Å². The summed E-state index contributed by atoms with van der Waals surface area (Å²) in [6.45, 7) is 6.70. The van der Waals surface area contributed by atoms with E-state index in [1.54, 1.807) is 9.58 Å². The van der Waals surface area contributed by atoms with Gasteiger partial charge in [0.25, 0.3) is 0 Å². The van der Waals surface area contributed by atoms with Gasteiger partial charge < -0.3 is 14.7 Å². The molecule has 1 aliphatic rings. The molecule has 6 heteroatoms. The topological polar surface area (TPSA) is 67.6 Å². The normalized spacial score (nSPS) is 22.7.